The lowest BCUT2D eigenvalue weighted by atomic mass is 10.1. The van der Waals surface area contributed by atoms with Gasteiger partial charge in [-0.25, -0.2) is 8.42 Å². The molecule has 28 heavy (non-hydrogen) atoms. The summed E-state index contributed by atoms with van der Waals surface area (Å²) in [7, 11) is -1.58. The quantitative estimate of drug-likeness (QED) is 0.766. The van der Waals surface area contributed by atoms with Gasteiger partial charge in [0.1, 0.15) is 5.75 Å². The highest BCUT2D eigenvalue weighted by Crippen LogP contribution is 2.41. The molecule has 2 heterocycles. The zero-order valence-corrected chi connectivity index (χ0v) is 17.2. The van der Waals surface area contributed by atoms with E-state index in [1.165, 1.54) is 18.9 Å². The standard InChI is InChI=1S/C20H20N2O4S2/c1-13-7-9-14(10-8-13)22-16-11-28(24,25)12-18(16)27-20(22)21-19(23)15-5-3-4-6-17(15)26-2/h3-10,16,18H,11-12H2,1-2H3/t16-,18-/m1/s1. The van der Waals surface area contributed by atoms with Crippen LogP contribution in [0.25, 0.3) is 0 Å². The number of carbonyl (C=O) groups excluding carboxylic acids is 1. The van der Waals surface area contributed by atoms with Crippen molar-refractivity contribution in [1.82, 2.24) is 0 Å². The van der Waals surface area contributed by atoms with Gasteiger partial charge in [0.05, 0.1) is 30.2 Å². The Morgan fingerprint density at radius 2 is 1.86 bits per heavy atom. The number of amidine groups is 1. The zero-order chi connectivity index (χ0) is 19.9. The Morgan fingerprint density at radius 3 is 2.57 bits per heavy atom. The molecule has 2 aliphatic heterocycles. The van der Waals surface area contributed by atoms with Crippen molar-refractivity contribution in [2.45, 2.75) is 18.2 Å². The number of aryl methyl sites for hydroxylation is 1. The second-order valence-corrected chi connectivity index (χ2v) is 10.3. The molecule has 0 spiro atoms. The number of ether oxygens (including phenoxy) is 1. The number of para-hydroxylation sites is 1. The summed E-state index contributed by atoms with van der Waals surface area (Å²) in [5, 5.41) is 0.403. The molecular weight excluding hydrogens is 396 g/mol. The Morgan fingerprint density at radius 1 is 1.14 bits per heavy atom. The molecule has 0 saturated carbocycles. The van der Waals surface area contributed by atoms with Crippen LogP contribution in [-0.2, 0) is 9.84 Å². The summed E-state index contributed by atoms with van der Waals surface area (Å²) in [6.45, 7) is 1.99. The summed E-state index contributed by atoms with van der Waals surface area (Å²) >= 11 is 1.36. The Bertz CT molecular complexity index is 1050. The van der Waals surface area contributed by atoms with Crippen LogP contribution in [0.2, 0.25) is 0 Å². The van der Waals surface area contributed by atoms with Gasteiger partial charge in [-0.05, 0) is 31.2 Å². The van der Waals surface area contributed by atoms with Gasteiger partial charge < -0.3 is 9.64 Å². The number of hydrogen-bond donors (Lipinski definition) is 0. The predicted molar refractivity (Wildman–Crippen MR) is 112 cm³/mol. The number of benzene rings is 2. The largest absolute Gasteiger partial charge is 0.496 e. The molecule has 0 bridgehead atoms. The molecule has 2 aromatic rings. The molecule has 0 N–H and O–H groups in total. The molecule has 4 rings (SSSR count). The van der Waals surface area contributed by atoms with E-state index >= 15 is 0 Å². The smallest absolute Gasteiger partial charge is 0.283 e. The van der Waals surface area contributed by atoms with Gasteiger partial charge in [0.2, 0.25) is 0 Å². The topological polar surface area (TPSA) is 76.0 Å². The first-order chi connectivity index (χ1) is 13.4. The van der Waals surface area contributed by atoms with Gasteiger partial charge in [0.25, 0.3) is 5.91 Å². The summed E-state index contributed by atoms with van der Waals surface area (Å²) in [5.74, 6) is 0.233. The van der Waals surface area contributed by atoms with Crippen LogP contribution in [0.4, 0.5) is 5.69 Å². The molecule has 0 aromatic heterocycles. The molecule has 2 aromatic carbocycles. The average molecular weight is 417 g/mol. The summed E-state index contributed by atoms with van der Waals surface area (Å²) < 4.78 is 29.6. The van der Waals surface area contributed by atoms with Gasteiger partial charge >= 0.3 is 0 Å². The number of nitrogens with zero attached hydrogens (tertiary/aromatic N) is 2. The molecule has 0 aliphatic carbocycles. The van der Waals surface area contributed by atoms with E-state index < -0.39 is 15.7 Å². The first-order valence-electron chi connectivity index (χ1n) is 8.87. The summed E-state index contributed by atoms with van der Waals surface area (Å²) in [4.78, 5) is 19.1. The van der Waals surface area contributed by atoms with Crippen molar-refractivity contribution < 1.29 is 17.9 Å². The van der Waals surface area contributed by atoms with Crippen molar-refractivity contribution in [2.24, 2.45) is 4.99 Å². The fraction of sp³-hybridized carbons (Fsp3) is 0.300. The molecule has 2 atom stereocenters. The number of sulfone groups is 1. The van der Waals surface area contributed by atoms with Gasteiger partial charge in [0, 0.05) is 10.9 Å². The number of thioether (sulfide) groups is 1. The third kappa shape index (κ3) is 3.54. The van der Waals surface area contributed by atoms with Crippen molar-refractivity contribution in [3.63, 3.8) is 0 Å². The maximum atomic E-state index is 12.8. The molecule has 1 amide bonds. The number of hydrogen-bond acceptors (Lipinski definition) is 5. The van der Waals surface area contributed by atoms with E-state index in [9.17, 15) is 13.2 Å². The first-order valence-corrected chi connectivity index (χ1v) is 11.6. The minimum atomic E-state index is -3.09. The van der Waals surface area contributed by atoms with E-state index in [-0.39, 0.29) is 22.8 Å². The van der Waals surface area contributed by atoms with Crippen molar-refractivity contribution in [3.05, 3.63) is 59.7 Å². The molecule has 6 nitrogen and oxygen atoms in total. The minimum absolute atomic E-state index is 0.0699. The van der Waals surface area contributed by atoms with Crippen LogP contribution < -0.4 is 9.64 Å². The number of rotatable bonds is 3. The van der Waals surface area contributed by atoms with Crippen LogP contribution in [0.3, 0.4) is 0 Å². The van der Waals surface area contributed by atoms with Gasteiger partial charge in [-0.3, -0.25) is 4.79 Å². The molecular formula is C20H20N2O4S2. The van der Waals surface area contributed by atoms with Crippen LogP contribution in [0, 0.1) is 6.92 Å². The highest BCUT2D eigenvalue weighted by atomic mass is 32.2. The van der Waals surface area contributed by atoms with Crippen molar-refractivity contribution in [3.8, 4) is 5.75 Å². The van der Waals surface area contributed by atoms with Crippen molar-refractivity contribution in [1.29, 1.82) is 0 Å². The lowest BCUT2D eigenvalue weighted by Gasteiger charge is -2.24. The highest BCUT2D eigenvalue weighted by Gasteiger charge is 2.49. The fourth-order valence-electron chi connectivity index (χ4n) is 3.54. The zero-order valence-electron chi connectivity index (χ0n) is 15.5. The van der Waals surface area contributed by atoms with Gasteiger partial charge in [-0.15, -0.1) is 0 Å². The molecule has 2 fully saturated rings. The van der Waals surface area contributed by atoms with E-state index in [4.69, 9.17) is 4.74 Å². The lowest BCUT2D eigenvalue weighted by Crippen LogP contribution is -2.37. The number of amides is 1. The maximum absolute atomic E-state index is 12.8. The van der Waals surface area contributed by atoms with Crippen LogP contribution in [0.15, 0.2) is 53.5 Å². The molecule has 2 aliphatic rings. The Balaban J connectivity index is 1.73. The Labute approximate surface area is 168 Å². The molecule has 8 heteroatoms. The van der Waals surface area contributed by atoms with E-state index in [0.29, 0.717) is 16.5 Å². The number of carbonyl (C=O) groups is 1. The van der Waals surface area contributed by atoms with E-state index in [2.05, 4.69) is 4.99 Å². The van der Waals surface area contributed by atoms with E-state index in [0.717, 1.165) is 11.3 Å². The third-order valence-electron chi connectivity index (χ3n) is 4.91. The summed E-state index contributed by atoms with van der Waals surface area (Å²) in [6, 6.07) is 14.5. The molecule has 0 radical (unpaired) electrons. The Hall–Kier alpha value is -2.32. The highest BCUT2D eigenvalue weighted by molar-refractivity contribution is 8.16. The van der Waals surface area contributed by atoms with E-state index in [1.54, 1.807) is 24.3 Å². The normalized spacial score (nSPS) is 24.4. The maximum Gasteiger partial charge on any atom is 0.283 e. The number of fused-ring (bicyclic) bond motifs is 1. The van der Waals surface area contributed by atoms with Gasteiger partial charge in [-0.1, -0.05) is 41.6 Å². The number of aliphatic imine (C=N–C) groups is 1. The van der Waals surface area contributed by atoms with Crippen molar-refractivity contribution >= 4 is 38.4 Å². The molecule has 146 valence electrons. The molecule has 2 saturated heterocycles. The summed E-state index contributed by atoms with van der Waals surface area (Å²) in [5.41, 5.74) is 2.33. The third-order valence-corrected chi connectivity index (χ3v) is 8.12. The number of methoxy groups -OCH3 is 1. The SMILES string of the molecule is COc1ccccc1C(=O)N=C1S[C@@H]2CS(=O)(=O)C[C@H]2N1c1ccc(C)cc1. The van der Waals surface area contributed by atoms with Crippen LogP contribution >= 0.6 is 11.8 Å². The van der Waals surface area contributed by atoms with E-state index in [1.807, 2.05) is 36.1 Å². The van der Waals surface area contributed by atoms with Gasteiger partial charge in [0.15, 0.2) is 15.0 Å². The first kappa shape index (κ1) is 19.0. The van der Waals surface area contributed by atoms with Crippen LogP contribution in [0.1, 0.15) is 15.9 Å². The minimum Gasteiger partial charge on any atom is -0.496 e. The number of anilines is 1. The van der Waals surface area contributed by atoms with Crippen LogP contribution in [-0.4, -0.2) is 49.4 Å². The van der Waals surface area contributed by atoms with Crippen LogP contribution in [0.5, 0.6) is 5.75 Å². The average Bonchev–Trinajstić information content (AvgIpc) is 3.13. The summed E-state index contributed by atoms with van der Waals surface area (Å²) in [6.07, 6.45) is 0. The van der Waals surface area contributed by atoms with Gasteiger partial charge in [-0.2, -0.15) is 4.99 Å². The predicted octanol–water partition coefficient (Wildman–Crippen LogP) is 2.92. The fourth-order valence-corrected chi connectivity index (χ4v) is 7.45. The second kappa shape index (κ2) is 7.25. The second-order valence-electron chi connectivity index (χ2n) is 6.91. The van der Waals surface area contributed by atoms with Crippen molar-refractivity contribution in [2.75, 3.05) is 23.5 Å². The Kier molecular flexibility index (Phi) is 4.93. The molecule has 0 unspecified atom stereocenters. The monoisotopic (exact) mass is 416 g/mol. The lowest BCUT2D eigenvalue weighted by molar-refractivity contribution is 0.1000.